The minimum atomic E-state index is 0.285. The second-order valence-electron chi connectivity index (χ2n) is 4.39. The molecule has 0 atom stereocenters. The first-order valence-corrected chi connectivity index (χ1v) is 5.96. The number of hydrogen-bond donors (Lipinski definition) is 1. The minimum absolute atomic E-state index is 0.285. The zero-order chi connectivity index (χ0) is 12.5. The number of aryl methyl sites for hydroxylation is 1. The van der Waals surface area contributed by atoms with Crippen molar-refractivity contribution in [1.29, 1.82) is 0 Å². The van der Waals surface area contributed by atoms with Crippen molar-refractivity contribution in [2.24, 2.45) is 7.05 Å². The third-order valence-electron chi connectivity index (χ3n) is 3.14. The summed E-state index contributed by atoms with van der Waals surface area (Å²) < 4.78 is 9.03. The summed E-state index contributed by atoms with van der Waals surface area (Å²) >= 11 is 0. The quantitative estimate of drug-likeness (QED) is 0.822. The molecule has 1 fully saturated rings. The van der Waals surface area contributed by atoms with Gasteiger partial charge in [0.25, 0.3) is 0 Å². The van der Waals surface area contributed by atoms with Crippen LogP contribution in [0.4, 0.5) is 0 Å². The molecule has 1 N–H and O–H groups in total. The molecular weight excluding hydrogens is 232 g/mol. The van der Waals surface area contributed by atoms with Crippen LogP contribution in [-0.2, 0) is 18.3 Å². The molecule has 1 aliphatic rings. The highest BCUT2D eigenvalue weighted by Crippen LogP contribution is 2.27. The Labute approximate surface area is 105 Å². The van der Waals surface area contributed by atoms with Gasteiger partial charge in [-0.1, -0.05) is 5.21 Å². The van der Waals surface area contributed by atoms with Crippen LogP contribution in [-0.4, -0.2) is 45.0 Å². The van der Waals surface area contributed by atoms with Gasteiger partial charge < -0.3 is 10.1 Å². The summed E-state index contributed by atoms with van der Waals surface area (Å²) in [6, 6.07) is 2.27. The molecule has 96 valence electrons. The maximum Gasteiger partial charge on any atom is 0.112 e. The maximum absolute atomic E-state index is 5.23. The molecule has 1 saturated heterocycles. The van der Waals surface area contributed by atoms with Crippen LogP contribution in [0.5, 0.6) is 0 Å². The van der Waals surface area contributed by atoms with Crippen LogP contribution < -0.4 is 5.32 Å². The fourth-order valence-corrected chi connectivity index (χ4v) is 2.10. The molecule has 0 aromatic carbocycles. The predicted octanol–water partition coefficient (Wildman–Crippen LogP) is -0.0307. The van der Waals surface area contributed by atoms with E-state index in [1.165, 1.54) is 0 Å². The van der Waals surface area contributed by atoms with Crippen molar-refractivity contribution in [2.75, 3.05) is 20.3 Å². The smallest absolute Gasteiger partial charge is 0.112 e. The molecule has 0 radical (unpaired) electrons. The van der Waals surface area contributed by atoms with E-state index in [-0.39, 0.29) is 6.04 Å². The topological polar surface area (TPSA) is 69.8 Å². The maximum atomic E-state index is 5.23. The molecule has 0 spiro atoms. The van der Waals surface area contributed by atoms with Crippen molar-refractivity contribution >= 4 is 0 Å². The summed E-state index contributed by atoms with van der Waals surface area (Å²) in [6.07, 6.45) is 1.78. The zero-order valence-electron chi connectivity index (χ0n) is 10.5. The van der Waals surface area contributed by atoms with Gasteiger partial charge >= 0.3 is 0 Å². The standard InChI is InChI=1S/C11H16N6O/c1-12-5-9-11(10-3-4-13-16(10)2)17(15-14-9)8-6-18-7-8/h3-4,8,12H,5-7H2,1-2H3. The van der Waals surface area contributed by atoms with E-state index in [0.29, 0.717) is 19.8 Å². The molecule has 7 heteroatoms. The Morgan fingerprint density at radius 1 is 1.50 bits per heavy atom. The van der Waals surface area contributed by atoms with Crippen LogP contribution in [0.1, 0.15) is 11.7 Å². The lowest BCUT2D eigenvalue weighted by molar-refractivity contribution is -0.0286. The Hall–Kier alpha value is -1.73. The van der Waals surface area contributed by atoms with Gasteiger partial charge in [0.1, 0.15) is 17.4 Å². The second kappa shape index (κ2) is 4.51. The molecule has 2 aromatic rings. The number of nitrogens with one attached hydrogen (secondary N) is 1. The first-order valence-electron chi connectivity index (χ1n) is 5.96. The van der Waals surface area contributed by atoms with Gasteiger partial charge in [-0.05, 0) is 13.1 Å². The third-order valence-corrected chi connectivity index (χ3v) is 3.14. The van der Waals surface area contributed by atoms with E-state index in [4.69, 9.17) is 4.74 Å². The van der Waals surface area contributed by atoms with E-state index < -0.39 is 0 Å². The molecule has 7 nitrogen and oxygen atoms in total. The molecule has 18 heavy (non-hydrogen) atoms. The van der Waals surface area contributed by atoms with Crippen LogP contribution in [0, 0.1) is 0 Å². The highest BCUT2D eigenvalue weighted by atomic mass is 16.5. The van der Waals surface area contributed by atoms with Crippen molar-refractivity contribution < 1.29 is 4.74 Å². The molecule has 0 unspecified atom stereocenters. The Kier molecular flexibility index (Phi) is 2.85. The molecular formula is C11H16N6O. The highest BCUT2D eigenvalue weighted by Gasteiger charge is 2.27. The predicted molar refractivity (Wildman–Crippen MR) is 64.8 cm³/mol. The summed E-state index contributed by atoms with van der Waals surface area (Å²) in [5, 5.41) is 15.9. The summed E-state index contributed by atoms with van der Waals surface area (Å²) in [6.45, 7) is 2.09. The second-order valence-corrected chi connectivity index (χ2v) is 4.39. The Balaban J connectivity index is 2.08. The number of rotatable bonds is 4. The molecule has 0 aliphatic carbocycles. The van der Waals surface area contributed by atoms with Crippen LogP contribution in [0.25, 0.3) is 11.4 Å². The molecule has 3 heterocycles. The van der Waals surface area contributed by atoms with Crippen molar-refractivity contribution in [1.82, 2.24) is 30.1 Å². The summed E-state index contributed by atoms with van der Waals surface area (Å²) in [5.41, 5.74) is 2.99. The lowest BCUT2D eigenvalue weighted by Crippen LogP contribution is -2.32. The van der Waals surface area contributed by atoms with E-state index in [1.807, 2.05) is 29.5 Å². The number of ether oxygens (including phenoxy) is 1. The van der Waals surface area contributed by atoms with Gasteiger partial charge in [-0.25, -0.2) is 4.68 Å². The zero-order valence-corrected chi connectivity index (χ0v) is 10.5. The lowest BCUT2D eigenvalue weighted by atomic mass is 10.2. The van der Waals surface area contributed by atoms with E-state index in [0.717, 1.165) is 17.1 Å². The van der Waals surface area contributed by atoms with Crippen molar-refractivity contribution in [2.45, 2.75) is 12.6 Å². The SMILES string of the molecule is CNCc1nnn(C2COC2)c1-c1ccnn1C. The van der Waals surface area contributed by atoms with Gasteiger partial charge in [-0.3, -0.25) is 4.68 Å². The van der Waals surface area contributed by atoms with Crippen LogP contribution in [0.3, 0.4) is 0 Å². The third kappa shape index (κ3) is 1.72. The van der Waals surface area contributed by atoms with Gasteiger partial charge in [0, 0.05) is 19.8 Å². The van der Waals surface area contributed by atoms with E-state index >= 15 is 0 Å². The van der Waals surface area contributed by atoms with Crippen molar-refractivity contribution in [3.05, 3.63) is 18.0 Å². The first kappa shape index (κ1) is 11.4. The summed E-state index contributed by atoms with van der Waals surface area (Å²) in [4.78, 5) is 0. The van der Waals surface area contributed by atoms with Gasteiger partial charge in [0.2, 0.25) is 0 Å². The van der Waals surface area contributed by atoms with Crippen molar-refractivity contribution in [3.63, 3.8) is 0 Å². The van der Waals surface area contributed by atoms with Crippen molar-refractivity contribution in [3.8, 4) is 11.4 Å². The fourth-order valence-electron chi connectivity index (χ4n) is 2.10. The largest absolute Gasteiger partial charge is 0.377 e. The van der Waals surface area contributed by atoms with Gasteiger partial charge in [0.15, 0.2) is 0 Å². The Morgan fingerprint density at radius 2 is 2.33 bits per heavy atom. The minimum Gasteiger partial charge on any atom is -0.377 e. The summed E-state index contributed by atoms with van der Waals surface area (Å²) in [7, 11) is 3.83. The molecule has 2 aromatic heterocycles. The molecule has 0 saturated carbocycles. The first-order chi connectivity index (χ1) is 8.81. The average molecular weight is 248 g/mol. The molecule has 1 aliphatic heterocycles. The van der Waals surface area contributed by atoms with E-state index in [9.17, 15) is 0 Å². The van der Waals surface area contributed by atoms with Gasteiger partial charge in [-0.15, -0.1) is 5.10 Å². The molecule has 3 rings (SSSR count). The summed E-state index contributed by atoms with van der Waals surface area (Å²) in [5.74, 6) is 0. The number of nitrogens with zero attached hydrogens (tertiary/aromatic N) is 5. The lowest BCUT2D eigenvalue weighted by Gasteiger charge is -2.27. The normalized spacial score (nSPS) is 15.9. The van der Waals surface area contributed by atoms with E-state index in [2.05, 4.69) is 20.7 Å². The van der Waals surface area contributed by atoms with E-state index in [1.54, 1.807) is 6.20 Å². The molecule has 0 amide bonds. The average Bonchev–Trinajstić information content (AvgIpc) is 2.84. The monoisotopic (exact) mass is 248 g/mol. The molecule has 0 bridgehead atoms. The van der Waals surface area contributed by atoms with Crippen LogP contribution >= 0.6 is 0 Å². The number of aromatic nitrogens is 5. The van der Waals surface area contributed by atoms with Crippen LogP contribution in [0.15, 0.2) is 12.3 Å². The highest BCUT2D eigenvalue weighted by molar-refractivity contribution is 5.57. The fraction of sp³-hybridized carbons (Fsp3) is 0.545. The van der Waals surface area contributed by atoms with Gasteiger partial charge in [-0.2, -0.15) is 5.10 Å². The Bertz CT molecular complexity index is 541. The number of hydrogen-bond acceptors (Lipinski definition) is 5. The van der Waals surface area contributed by atoms with Gasteiger partial charge in [0.05, 0.1) is 18.9 Å². The Morgan fingerprint density at radius 3 is 2.89 bits per heavy atom. The van der Waals surface area contributed by atoms with Crippen LogP contribution in [0.2, 0.25) is 0 Å².